The summed E-state index contributed by atoms with van der Waals surface area (Å²) in [4.78, 5) is 31.3. The molecule has 5 nitrogen and oxygen atoms in total. The number of amides is 2. The van der Waals surface area contributed by atoms with Gasteiger partial charge in [0.25, 0.3) is 11.8 Å². The maximum Gasteiger partial charge on any atom is 0.258 e. The topological polar surface area (TPSA) is 71.1 Å². The molecule has 4 aromatic rings. The van der Waals surface area contributed by atoms with Gasteiger partial charge in [-0.05, 0) is 57.5 Å². The fourth-order valence-electron chi connectivity index (χ4n) is 3.71. The van der Waals surface area contributed by atoms with Gasteiger partial charge in [0, 0.05) is 16.8 Å². The van der Waals surface area contributed by atoms with Crippen molar-refractivity contribution in [2.45, 2.75) is 33.7 Å². The summed E-state index contributed by atoms with van der Waals surface area (Å²) in [5, 5.41) is 6.65. The molecule has 0 aliphatic carbocycles. The maximum atomic E-state index is 14.0. The molecule has 35 heavy (non-hydrogen) atoms. The summed E-state index contributed by atoms with van der Waals surface area (Å²) in [6, 6.07) is 18.8. The number of rotatable bonds is 6. The van der Waals surface area contributed by atoms with Gasteiger partial charge in [0.1, 0.15) is 10.8 Å². The predicted molar refractivity (Wildman–Crippen MR) is 138 cm³/mol. The lowest BCUT2D eigenvalue weighted by atomic mass is 10.1. The highest BCUT2D eigenvalue weighted by molar-refractivity contribution is 7.15. The third-order valence-electron chi connectivity index (χ3n) is 5.74. The molecule has 0 radical (unpaired) electrons. The number of halogens is 1. The first-order chi connectivity index (χ1) is 16.7. The van der Waals surface area contributed by atoms with Crippen molar-refractivity contribution in [3.63, 3.8) is 0 Å². The molecule has 0 bridgehead atoms. The van der Waals surface area contributed by atoms with Crippen molar-refractivity contribution < 1.29 is 14.0 Å². The summed E-state index contributed by atoms with van der Waals surface area (Å²) >= 11 is 1.56. The summed E-state index contributed by atoms with van der Waals surface area (Å²) in [7, 11) is 0. The van der Waals surface area contributed by atoms with E-state index in [4.69, 9.17) is 4.98 Å². The molecule has 0 fully saturated rings. The van der Waals surface area contributed by atoms with Gasteiger partial charge in [-0.25, -0.2) is 9.37 Å². The number of benzene rings is 3. The van der Waals surface area contributed by atoms with Crippen LogP contribution in [0.5, 0.6) is 0 Å². The zero-order chi connectivity index (χ0) is 25.1. The molecule has 1 unspecified atom stereocenters. The Balaban J connectivity index is 1.50. The molecule has 2 amide bonds. The number of anilines is 1. The van der Waals surface area contributed by atoms with E-state index in [2.05, 4.69) is 22.8 Å². The third-order valence-corrected chi connectivity index (χ3v) is 7.13. The molecule has 0 aliphatic heterocycles. The highest BCUT2D eigenvalue weighted by Crippen LogP contribution is 2.32. The van der Waals surface area contributed by atoms with Gasteiger partial charge < -0.3 is 10.6 Å². The van der Waals surface area contributed by atoms with Crippen LogP contribution in [0.1, 0.15) is 55.4 Å². The van der Waals surface area contributed by atoms with E-state index < -0.39 is 11.7 Å². The number of thiazole rings is 1. The first kappa shape index (κ1) is 24.3. The highest BCUT2D eigenvalue weighted by Gasteiger charge is 2.19. The Kier molecular flexibility index (Phi) is 7.07. The van der Waals surface area contributed by atoms with Gasteiger partial charge in [-0.3, -0.25) is 9.59 Å². The quantitative estimate of drug-likeness (QED) is 0.321. The van der Waals surface area contributed by atoms with E-state index in [1.807, 2.05) is 39.8 Å². The Morgan fingerprint density at radius 2 is 1.66 bits per heavy atom. The number of carbonyl (C=O) groups is 2. The van der Waals surface area contributed by atoms with Crippen molar-refractivity contribution in [1.82, 2.24) is 10.3 Å². The van der Waals surface area contributed by atoms with Crippen molar-refractivity contribution >= 4 is 28.8 Å². The van der Waals surface area contributed by atoms with Crippen LogP contribution in [0.15, 0.2) is 66.7 Å². The maximum absolute atomic E-state index is 14.0. The second-order valence-corrected chi connectivity index (χ2v) is 9.52. The molecule has 1 aromatic heterocycles. The minimum Gasteiger partial charge on any atom is -0.345 e. The van der Waals surface area contributed by atoms with Crippen LogP contribution >= 0.6 is 11.3 Å². The monoisotopic (exact) mass is 487 g/mol. The smallest absolute Gasteiger partial charge is 0.258 e. The zero-order valence-corrected chi connectivity index (χ0v) is 20.8. The number of aromatic nitrogens is 1. The first-order valence-corrected chi connectivity index (χ1v) is 12.1. The standard InChI is InChI=1S/C28H26FN3O2S/c1-16-9-12-20(13-10-16)28-31-19(4)25(35-28)18(3)30-26(33)21-14-11-17(2)24(15-21)32-27(34)22-7-5-6-8-23(22)29/h5-15,18H,1-4H3,(H,30,33)(H,32,34). The number of nitrogens with one attached hydrogen (secondary N) is 2. The zero-order valence-electron chi connectivity index (χ0n) is 20.0. The average molecular weight is 488 g/mol. The molecule has 1 heterocycles. The second kappa shape index (κ2) is 10.2. The van der Waals surface area contributed by atoms with Gasteiger partial charge in [0.05, 0.1) is 22.2 Å². The third kappa shape index (κ3) is 5.46. The second-order valence-electron chi connectivity index (χ2n) is 8.49. The Morgan fingerprint density at radius 1 is 0.943 bits per heavy atom. The van der Waals surface area contributed by atoms with Gasteiger partial charge in [-0.2, -0.15) is 0 Å². The van der Waals surface area contributed by atoms with E-state index in [-0.39, 0.29) is 17.5 Å². The Labute approximate surface area is 208 Å². The van der Waals surface area contributed by atoms with E-state index in [9.17, 15) is 14.0 Å². The SMILES string of the molecule is Cc1ccc(-c2nc(C)c(C(C)NC(=O)c3ccc(C)c(NC(=O)c4ccccc4F)c3)s2)cc1. The Morgan fingerprint density at radius 3 is 2.37 bits per heavy atom. The summed E-state index contributed by atoms with van der Waals surface area (Å²) < 4.78 is 14.0. The highest BCUT2D eigenvalue weighted by atomic mass is 32.1. The molecule has 3 aromatic carbocycles. The lowest BCUT2D eigenvalue weighted by Crippen LogP contribution is -2.26. The largest absolute Gasteiger partial charge is 0.345 e. The molecule has 7 heteroatoms. The Hall–Kier alpha value is -3.84. The van der Waals surface area contributed by atoms with Gasteiger partial charge in [0.15, 0.2) is 0 Å². The van der Waals surface area contributed by atoms with Gasteiger partial charge in [-0.15, -0.1) is 11.3 Å². The molecular weight excluding hydrogens is 461 g/mol. The van der Waals surface area contributed by atoms with Crippen molar-refractivity contribution in [1.29, 1.82) is 0 Å². The molecule has 0 aliphatic rings. The molecule has 0 saturated heterocycles. The van der Waals surface area contributed by atoms with Crippen molar-refractivity contribution in [3.05, 3.63) is 105 Å². The minimum atomic E-state index is -0.602. The minimum absolute atomic E-state index is 0.0552. The number of hydrogen-bond donors (Lipinski definition) is 2. The number of aryl methyl sites for hydroxylation is 3. The van der Waals surface area contributed by atoms with E-state index in [1.165, 1.54) is 23.8 Å². The predicted octanol–water partition coefficient (Wildman–Crippen LogP) is 6.62. The van der Waals surface area contributed by atoms with Crippen LogP contribution in [0.2, 0.25) is 0 Å². The lowest BCUT2D eigenvalue weighted by molar-refractivity contribution is 0.0939. The molecular formula is C28H26FN3O2S. The molecule has 178 valence electrons. The summed E-state index contributed by atoms with van der Waals surface area (Å²) in [6.07, 6.45) is 0. The van der Waals surface area contributed by atoms with Crippen molar-refractivity contribution in [3.8, 4) is 10.6 Å². The molecule has 4 rings (SSSR count). The van der Waals surface area contributed by atoms with Crippen LogP contribution in [-0.2, 0) is 0 Å². The summed E-state index contributed by atoms with van der Waals surface area (Å²) in [5.41, 5.74) is 4.66. The first-order valence-electron chi connectivity index (χ1n) is 11.2. The fourth-order valence-corrected chi connectivity index (χ4v) is 4.78. The number of nitrogens with zero attached hydrogens (tertiary/aromatic N) is 1. The van der Waals surface area contributed by atoms with Gasteiger partial charge in [-0.1, -0.05) is 48.0 Å². The molecule has 2 N–H and O–H groups in total. The summed E-state index contributed by atoms with van der Waals surface area (Å²) in [5.74, 6) is -1.44. The molecule has 1 atom stereocenters. The van der Waals surface area contributed by atoms with Crippen molar-refractivity contribution in [2.24, 2.45) is 0 Å². The van der Waals surface area contributed by atoms with Crippen LogP contribution in [0, 0.1) is 26.6 Å². The van der Waals surface area contributed by atoms with Crippen LogP contribution in [-0.4, -0.2) is 16.8 Å². The fraction of sp³-hybridized carbons (Fsp3) is 0.179. The van der Waals surface area contributed by atoms with Gasteiger partial charge in [0.2, 0.25) is 0 Å². The van der Waals surface area contributed by atoms with Crippen LogP contribution in [0.3, 0.4) is 0 Å². The molecule has 0 saturated carbocycles. The van der Waals surface area contributed by atoms with E-state index in [0.717, 1.165) is 26.7 Å². The van der Waals surface area contributed by atoms with Crippen LogP contribution in [0.4, 0.5) is 10.1 Å². The van der Waals surface area contributed by atoms with Crippen molar-refractivity contribution in [2.75, 3.05) is 5.32 Å². The van der Waals surface area contributed by atoms with Crippen LogP contribution < -0.4 is 10.6 Å². The van der Waals surface area contributed by atoms with Crippen LogP contribution in [0.25, 0.3) is 10.6 Å². The van der Waals surface area contributed by atoms with E-state index in [0.29, 0.717) is 11.3 Å². The average Bonchev–Trinajstić information content (AvgIpc) is 3.22. The van der Waals surface area contributed by atoms with E-state index in [1.54, 1.807) is 35.6 Å². The Bertz CT molecular complexity index is 1400. The van der Waals surface area contributed by atoms with Gasteiger partial charge >= 0.3 is 0 Å². The number of hydrogen-bond acceptors (Lipinski definition) is 4. The molecule has 0 spiro atoms. The summed E-state index contributed by atoms with van der Waals surface area (Å²) in [6.45, 7) is 7.72. The lowest BCUT2D eigenvalue weighted by Gasteiger charge is -2.15. The number of carbonyl (C=O) groups excluding carboxylic acids is 2. The normalized spacial score (nSPS) is 11.7. The van der Waals surface area contributed by atoms with E-state index >= 15 is 0 Å².